The van der Waals surface area contributed by atoms with Crippen LogP contribution in [0.1, 0.15) is 43.4 Å². The standard InChI is InChI=1S/C20H31N5O2/c26-19-7-2-1-5-17(21-19)15-24-10-8-23(9-11-24)12-13-25-20(27)14-16-4-3-6-18(16)22-25/h14,17H,1-13,15H2,(H,21,26). The summed E-state index contributed by atoms with van der Waals surface area (Å²) in [4.78, 5) is 28.8. The normalized spacial score (nSPS) is 24.4. The molecular formula is C20H31N5O2. The van der Waals surface area contributed by atoms with Gasteiger partial charge in [-0.3, -0.25) is 19.4 Å². The van der Waals surface area contributed by atoms with Gasteiger partial charge in [-0.1, -0.05) is 6.42 Å². The van der Waals surface area contributed by atoms with E-state index in [1.165, 1.54) is 0 Å². The Morgan fingerprint density at radius 1 is 0.963 bits per heavy atom. The summed E-state index contributed by atoms with van der Waals surface area (Å²) in [5, 5.41) is 7.74. The molecule has 0 bridgehead atoms. The Bertz CT molecular complexity index is 724. The number of amides is 1. The van der Waals surface area contributed by atoms with Crippen LogP contribution in [0.25, 0.3) is 0 Å². The van der Waals surface area contributed by atoms with Gasteiger partial charge in [-0.2, -0.15) is 5.10 Å². The Kier molecular flexibility index (Phi) is 5.88. The SMILES string of the molecule is O=C1CCCCC(CN2CCN(CCn3nc4c(cc3=O)CCC4)CC2)N1. The van der Waals surface area contributed by atoms with Crippen LogP contribution in [0.3, 0.4) is 0 Å². The number of hydrogen-bond donors (Lipinski definition) is 1. The van der Waals surface area contributed by atoms with Crippen LogP contribution in [-0.2, 0) is 24.2 Å². The van der Waals surface area contributed by atoms with Crippen LogP contribution in [0.4, 0.5) is 0 Å². The van der Waals surface area contributed by atoms with Crippen molar-refractivity contribution >= 4 is 5.91 Å². The van der Waals surface area contributed by atoms with E-state index in [0.29, 0.717) is 19.0 Å². The fraction of sp³-hybridized carbons (Fsp3) is 0.750. The molecule has 2 fully saturated rings. The third kappa shape index (κ3) is 4.76. The van der Waals surface area contributed by atoms with Crippen molar-refractivity contribution in [2.24, 2.45) is 0 Å². The van der Waals surface area contributed by atoms with Crippen LogP contribution >= 0.6 is 0 Å². The second-order valence-electron chi connectivity index (χ2n) is 8.18. The van der Waals surface area contributed by atoms with E-state index in [0.717, 1.165) is 89.1 Å². The van der Waals surface area contributed by atoms with Crippen molar-refractivity contribution < 1.29 is 4.79 Å². The Morgan fingerprint density at radius 3 is 2.63 bits per heavy atom. The predicted octanol–water partition coefficient (Wildman–Crippen LogP) is 0.408. The molecule has 1 atom stereocenters. The van der Waals surface area contributed by atoms with Crippen molar-refractivity contribution in [3.8, 4) is 0 Å². The molecule has 7 heteroatoms. The summed E-state index contributed by atoms with van der Waals surface area (Å²) in [5.74, 6) is 0.212. The third-order valence-corrected chi connectivity index (χ3v) is 6.17. The molecule has 2 saturated heterocycles. The fourth-order valence-electron chi connectivity index (χ4n) is 4.53. The summed E-state index contributed by atoms with van der Waals surface area (Å²) in [7, 11) is 0. The van der Waals surface area contributed by atoms with Gasteiger partial charge in [0.1, 0.15) is 0 Å². The number of nitrogens with zero attached hydrogens (tertiary/aromatic N) is 4. The molecule has 0 saturated carbocycles. The van der Waals surface area contributed by atoms with E-state index in [1.807, 2.05) is 0 Å². The van der Waals surface area contributed by atoms with Crippen molar-refractivity contribution in [2.45, 2.75) is 57.5 Å². The molecule has 0 spiro atoms. The number of hydrogen-bond acceptors (Lipinski definition) is 5. The molecule has 1 aromatic rings. The highest BCUT2D eigenvalue weighted by Gasteiger charge is 2.23. The lowest BCUT2D eigenvalue weighted by atomic mass is 10.1. The molecule has 1 unspecified atom stereocenters. The number of fused-ring (bicyclic) bond motifs is 1. The van der Waals surface area contributed by atoms with Crippen LogP contribution < -0.4 is 10.9 Å². The first-order valence-corrected chi connectivity index (χ1v) is 10.5. The van der Waals surface area contributed by atoms with Crippen LogP contribution in [0.15, 0.2) is 10.9 Å². The van der Waals surface area contributed by atoms with Crippen molar-refractivity contribution in [1.29, 1.82) is 0 Å². The number of rotatable bonds is 5. The minimum absolute atomic E-state index is 0.0402. The van der Waals surface area contributed by atoms with E-state index in [-0.39, 0.29) is 11.5 Å². The zero-order valence-electron chi connectivity index (χ0n) is 16.2. The molecule has 148 valence electrons. The summed E-state index contributed by atoms with van der Waals surface area (Å²) < 4.78 is 1.65. The van der Waals surface area contributed by atoms with Gasteiger partial charge in [0.05, 0.1) is 12.2 Å². The average molecular weight is 374 g/mol. The number of piperazine rings is 1. The van der Waals surface area contributed by atoms with Gasteiger partial charge < -0.3 is 5.32 Å². The Morgan fingerprint density at radius 2 is 1.78 bits per heavy atom. The predicted molar refractivity (Wildman–Crippen MR) is 104 cm³/mol. The largest absolute Gasteiger partial charge is 0.352 e. The maximum Gasteiger partial charge on any atom is 0.267 e. The maximum atomic E-state index is 12.2. The highest BCUT2D eigenvalue weighted by Crippen LogP contribution is 2.17. The van der Waals surface area contributed by atoms with Crippen molar-refractivity contribution in [1.82, 2.24) is 24.9 Å². The monoisotopic (exact) mass is 373 g/mol. The zero-order valence-corrected chi connectivity index (χ0v) is 16.2. The van der Waals surface area contributed by atoms with Crippen LogP contribution in [-0.4, -0.2) is 70.8 Å². The van der Waals surface area contributed by atoms with Gasteiger partial charge in [0.25, 0.3) is 5.56 Å². The highest BCUT2D eigenvalue weighted by atomic mass is 16.1. The lowest BCUT2D eigenvalue weighted by Gasteiger charge is -2.36. The molecule has 3 aliphatic rings. The number of aromatic nitrogens is 2. The van der Waals surface area contributed by atoms with E-state index >= 15 is 0 Å². The molecule has 1 aromatic heterocycles. The summed E-state index contributed by atoms with van der Waals surface area (Å²) in [6, 6.07) is 2.09. The first-order valence-electron chi connectivity index (χ1n) is 10.5. The zero-order chi connectivity index (χ0) is 18.6. The van der Waals surface area contributed by atoms with E-state index in [1.54, 1.807) is 10.7 Å². The minimum Gasteiger partial charge on any atom is -0.352 e. The Labute approximate surface area is 160 Å². The van der Waals surface area contributed by atoms with Crippen LogP contribution in [0.5, 0.6) is 0 Å². The van der Waals surface area contributed by atoms with Gasteiger partial charge in [-0.05, 0) is 37.7 Å². The molecule has 2 aliphatic heterocycles. The van der Waals surface area contributed by atoms with E-state index in [4.69, 9.17) is 0 Å². The molecule has 0 radical (unpaired) electrons. The highest BCUT2D eigenvalue weighted by molar-refractivity contribution is 5.76. The molecule has 1 aliphatic carbocycles. The van der Waals surface area contributed by atoms with Crippen molar-refractivity contribution in [2.75, 3.05) is 39.3 Å². The van der Waals surface area contributed by atoms with Gasteiger partial charge in [-0.15, -0.1) is 0 Å². The molecule has 3 heterocycles. The molecule has 27 heavy (non-hydrogen) atoms. The molecule has 7 nitrogen and oxygen atoms in total. The lowest BCUT2D eigenvalue weighted by Crippen LogP contribution is -2.51. The minimum atomic E-state index is 0.0402. The molecular weight excluding hydrogens is 342 g/mol. The molecule has 1 amide bonds. The second-order valence-corrected chi connectivity index (χ2v) is 8.18. The summed E-state index contributed by atoms with van der Waals surface area (Å²) >= 11 is 0. The summed E-state index contributed by atoms with van der Waals surface area (Å²) in [6.45, 7) is 6.59. The van der Waals surface area contributed by atoms with Gasteiger partial charge in [-0.25, -0.2) is 4.68 Å². The van der Waals surface area contributed by atoms with E-state index in [2.05, 4.69) is 20.2 Å². The van der Waals surface area contributed by atoms with Crippen LogP contribution in [0, 0.1) is 0 Å². The quantitative estimate of drug-likeness (QED) is 0.810. The molecule has 4 rings (SSSR count). The van der Waals surface area contributed by atoms with Gasteiger partial charge in [0.15, 0.2) is 0 Å². The first-order chi connectivity index (χ1) is 13.2. The van der Waals surface area contributed by atoms with Gasteiger partial charge in [0, 0.05) is 57.8 Å². The first kappa shape index (κ1) is 18.6. The Balaban J connectivity index is 1.23. The molecule has 0 aromatic carbocycles. The topological polar surface area (TPSA) is 70.5 Å². The fourth-order valence-corrected chi connectivity index (χ4v) is 4.53. The number of nitrogens with one attached hydrogen (secondary N) is 1. The Hall–Kier alpha value is -1.73. The number of carbonyl (C=O) groups excluding carboxylic acids is 1. The van der Waals surface area contributed by atoms with E-state index in [9.17, 15) is 9.59 Å². The third-order valence-electron chi connectivity index (χ3n) is 6.17. The smallest absolute Gasteiger partial charge is 0.267 e. The number of aryl methyl sites for hydroxylation is 2. The summed E-state index contributed by atoms with van der Waals surface area (Å²) in [5.41, 5.74) is 2.30. The van der Waals surface area contributed by atoms with Gasteiger partial charge >= 0.3 is 0 Å². The van der Waals surface area contributed by atoms with Gasteiger partial charge in [0.2, 0.25) is 5.91 Å². The second kappa shape index (κ2) is 8.52. The molecule has 1 N–H and O–H groups in total. The van der Waals surface area contributed by atoms with Crippen molar-refractivity contribution in [3.05, 3.63) is 27.7 Å². The summed E-state index contributed by atoms with van der Waals surface area (Å²) in [6.07, 6.45) is 7.07. The average Bonchev–Trinajstić information content (AvgIpc) is 3.01. The van der Waals surface area contributed by atoms with Crippen LogP contribution in [0.2, 0.25) is 0 Å². The maximum absolute atomic E-state index is 12.2. The van der Waals surface area contributed by atoms with E-state index < -0.39 is 0 Å². The van der Waals surface area contributed by atoms with Crippen molar-refractivity contribution in [3.63, 3.8) is 0 Å². The number of carbonyl (C=O) groups is 1. The lowest BCUT2D eigenvalue weighted by molar-refractivity contribution is -0.121.